The fourth-order valence-electron chi connectivity index (χ4n) is 3.42. The van der Waals surface area contributed by atoms with Crippen molar-refractivity contribution in [2.45, 2.75) is 26.1 Å². The second-order valence-electron chi connectivity index (χ2n) is 7.77. The Bertz CT molecular complexity index is 1030. The third-order valence-corrected chi connectivity index (χ3v) is 5.59. The molecule has 2 aromatic rings. The summed E-state index contributed by atoms with van der Waals surface area (Å²) in [6.45, 7) is 3.30. The zero-order valence-corrected chi connectivity index (χ0v) is 17.4. The third kappa shape index (κ3) is 6.08. The molecule has 0 saturated heterocycles. The molecular weight excluding hydrogens is 454 g/mol. The van der Waals surface area contributed by atoms with E-state index in [9.17, 15) is 23.2 Å². The Hall–Kier alpha value is -1.98. The Morgan fingerprint density at radius 2 is 1.78 bits per heavy atom. The average molecular weight is 474 g/mol. The van der Waals surface area contributed by atoms with Gasteiger partial charge in [0.1, 0.15) is 22.6 Å². The van der Waals surface area contributed by atoms with Gasteiger partial charge in [-0.3, -0.25) is 4.79 Å². The van der Waals surface area contributed by atoms with Gasteiger partial charge >= 0.3 is 41.7 Å². The molecule has 3 atom stereocenters. The average Bonchev–Trinajstić information content (AvgIpc) is 3.26. The van der Waals surface area contributed by atoms with Crippen LogP contribution in [0.5, 0.6) is 11.5 Å². The minimum absolute atomic E-state index is 0. The number of halogens is 4. The van der Waals surface area contributed by atoms with Crippen molar-refractivity contribution in [2.24, 2.45) is 17.3 Å². The first-order chi connectivity index (χ1) is 14.5. The van der Waals surface area contributed by atoms with E-state index < -0.39 is 40.5 Å². The molecule has 1 aliphatic rings. The Morgan fingerprint density at radius 3 is 2.38 bits per heavy atom. The number of hydrogen-bond acceptors (Lipinski definition) is 4. The summed E-state index contributed by atoms with van der Waals surface area (Å²) in [5.74, 6) is -1.27. The fourth-order valence-corrected chi connectivity index (χ4v) is 3.55. The molecule has 0 N–H and O–H groups in total. The quantitative estimate of drug-likeness (QED) is 0.387. The van der Waals surface area contributed by atoms with Gasteiger partial charge < -0.3 is 9.47 Å². The summed E-state index contributed by atoms with van der Waals surface area (Å²) in [5.41, 5.74) is -0.371. The van der Waals surface area contributed by atoms with E-state index in [1.807, 2.05) is 24.3 Å². The van der Waals surface area contributed by atoms with Crippen LogP contribution in [-0.2, 0) is 9.53 Å². The molecular formula is C23H20ClF3NNaO3. The van der Waals surface area contributed by atoms with Gasteiger partial charge in [-0.1, -0.05) is 61.9 Å². The number of esters is 1. The van der Waals surface area contributed by atoms with Crippen molar-refractivity contribution in [1.29, 1.82) is 5.26 Å². The van der Waals surface area contributed by atoms with Gasteiger partial charge in [0, 0.05) is 5.56 Å². The molecule has 3 unspecified atom stereocenters. The number of nitriles is 1. The number of rotatable bonds is 6. The summed E-state index contributed by atoms with van der Waals surface area (Å²) >= 11 is 5.32. The monoisotopic (exact) mass is 473 g/mol. The van der Waals surface area contributed by atoms with Crippen LogP contribution in [0, 0.1) is 28.6 Å². The van der Waals surface area contributed by atoms with E-state index in [0.717, 1.165) is 6.08 Å². The van der Waals surface area contributed by atoms with Crippen molar-refractivity contribution in [1.82, 2.24) is 0 Å². The van der Waals surface area contributed by atoms with Crippen molar-refractivity contribution in [3.05, 3.63) is 71.3 Å². The van der Waals surface area contributed by atoms with Gasteiger partial charge in [0.2, 0.25) is 6.10 Å². The summed E-state index contributed by atoms with van der Waals surface area (Å²) < 4.78 is 49.2. The van der Waals surface area contributed by atoms with Crippen LogP contribution in [0.3, 0.4) is 0 Å². The van der Waals surface area contributed by atoms with Crippen LogP contribution in [0.25, 0.3) is 0 Å². The van der Waals surface area contributed by atoms with E-state index in [4.69, 9.17) is 21.1 Å². The predicted molar refractivity (Wildman–Crippen MR) is 115 cm³/mol. The number of carbonyl (C=O) groups excluding carboxylic acids is 1. The van der Waals surface area contributed by atoms with Crippen molar-refractivity contribution in [3.8, 4) is 17.6 Å². The summed E-state index contributed by atoms with van der Waals surface area (Å²) in [6.07, 6.45) is -5.07. The van der Waals surface area contributed by atoms with Gasteiger partial charge in [-0.2, -0.15) is 18.4 Å². The van der Waals surface area contributed by atoms with Gasteiger partial charge in [-0.05, 0) is 35.6 Å². The first kappa shape index (κ1) is 26.3. The molecule has 2 aromatic carbocycles. The van der Waals surface area contributed by atoms with E-state index in [1.54, 1.807) is 50.2 Å². The number of para-hydroxylation sites is 1. The summed E-state index contributed by atoms with van der Waals surface area (Å²) in [4.78, 5) is 12.6. The van der Waals surface area contributed by atoms with Crippen molar-refractivity contribution < 1.29 is 27.4 Å². The van der Waals surface area contributed by atoms with E-state index >= 15 is 0 Å². The third-order valence-electron chi connectivity index (χ3n) is 5.25. The van der Waals surface area contributed by atoms with Crippen LogP contribution in [0.4, 0.5) is 13.2 Å². The topological polar surface area (TPSA) is 59.3 Å². The molecule has 0 aliphatic heterocycles. The number of hydrogen-bond donors (Lipinski definition) is 0. The van der Waals surface area contributed by atoms with E-state index in [1.165, 1.54) is 0 Å². The number of alkyl halides is 3. The Kier molecular flexibility index (Phi) is 8.46. The first-order valence-electron chi connectivity index (χ1n) is 9.41. The van der Waals surface area contributed by atoms with Crippen LogP contribution >= 0.6 is 11.6 Å². The molecule has 0 heterocycles. The molecule has 1 aliphatic carbocycles. The molecule has 164 valence electrons. The molecule has 0 spiro atoms. The second kappa shape index (κ2) is 10.3. The van der Waals surface area contributed by atoms with Gasteiger partial charge in [0.15, 0.2) is 0 Å². The number of carbonyl (C=O) groups is 1. The van der Waals surface area contributed by atoms with Gasteiger partial charge in [0.25, 0.3) is 0 Å². The Labute approximate surface area is 211 Å². The number of allylic oxidation sites excluding steroid dienone is 2. The first-order valence-corrected chi connectivity index (χ1v) is 9.79. The molecule has 0 radical (unpaired) electrons. The molecule has 9 heteroatoms. The maximum atomic E-state index is 12.7. The van der Waals surface area contributed by atoms with Crippen LogP contribution in [0.15, 0.2) is 65.7 Å². The van der Waals surface area contributed by atoms with Crippen LogP contribution in [0.1, 0.15) is 25.5 Å². The van der Waals surface area contributed by atoms with Crippen molar-refractivity contribution in [2.75, 3.05) is 0 Å². The molecule has 0 amide bonds. The summed E-state index contributed by atoms with van der Waals surface area (Å²) in [5, 5.41) is 8.23. The SMILES string of the molecule is CC1(C)C(/C=C(\Cl)C(F)(F)F)C1C(=O)OC(C#N)c1cccc(Oc2ccccc2)c1.[NaH]. The van der Waals surface area contributed by atoms with Crippen LogP contribution < -0.4 is 4.74 Å². The summed E-state index contributed by atoms with van der Waals surface area (Å²) in [6, 6.07) is 17.4. The molecule has 1 saturated carbocycles. The molecule has 1 fully saturated rings. The van der Waals surface area contributed by atoms with Crippen molar-refractivity contribution >= 4 is 47.1 Å². The number of benzene rings is 2. The van der Waals surface area contributed by atoms with E-state index in [-0.39, 0.29) is 29.6 Å². The molecule has 4 nitrogen and oxygen atoms in total. The summed E-state index contributed by atoms with van der Waals surface area (Å²) in [7, 11) is 0. The number of ether oxygens (including phenoxy) is 2. The number of nitrogens with zero attached hydrogens (tertiary/aromatic N) is 1. The van der Waals surface area contributed by atoms with Gasteiger partial charge in [-0.15, -0.1) is 0 Å². The van der Waals surface area contributed by atoms with Crippen LogP contribution in [0.2, 0.25) is 0 Å². The van der Waals surface area contributed by atoms with Crippen LogP contribution in [-0.4, -0.2) is 41.7 Å². The fraction of sp³-hybridized carbons (Fsp3) is 0.304. The molecule has 32 heavy (non-hydrogen) atoms. The molecule has 3 rings (SSSR count). The van der Waals surface area contributed by atoms with Gasteiger partial charge in [0.05, 0.1) is 5.92 Å². The predicted octanol–water partition coefficient (Wildman–Crippen LogP) is 5.90. The zero-order chi connectivity index (χ0) is 22.8. The zero-order valence-electron chi connectivity index (χ0n) is 16.7. The normalized spacial score (nSPS) is 20.3. The standard InChI is InChI=1S/C23H19ClF3NO3.Na.H/c1-22(2)17(12-19(24)23(25,26)27)20(22)21(29)31-18(13-28)14-7-6-10-16(11-14)30-15-8-4-3-5-9-15;;/h3-12,17-18,20H,1-2H3;;/b19-12-;;. The molecule has 0 aromatic heterocycles. The second-order valence-corrected chi connectivity index (χ2v) is 8.18. The maximum absolute atomic E-state index is 12.7. The van der Waals surface area contributed by atoms with Crippen molar-refractivity contribution in [3.63, 3.8) is 0 Å². The Balaban J connectivity index is 0.00000363. The molecule has 0 bridgehead atoms. The Morgan fingerprint density at radius 1 is 1.16 bits per heavy atom. The van der Waals surface area contributed by atoms with Gasteiger partial charge in [-0.25, -0.2) is 0 Å². The van der Waals surface area contributed by atoms with E-state index in [0.29, 0.717) is 17.1 Å². The minimum atomic E-state index is -4.68. The van der Waals surface area contributed by atoms with E-state index in [2.05, 4.69) is 0 Å².